The van der Waals surface area contributed by atoms with Gasteiger partial charge in [-0.15, -0.1) is 0 Å². The van der Waals surface area contributed by atoms with Crippen LogP contribution in [0.4, 0.5) is 0 Å². The molecule has 0 aromatic rings. The summed E-state index contributed by atoms with van der Waals surface area (Å²) in [5.74, 6) is 0. The average molecular weight is 387 g/mol. The van der Waals surface area contributed by atoms with E-state index in [1.165, 1.54) is 64.2 Å². The molecule has 0 aromatic carbocycles. The van der Waals surface area contributed by atoms with Gasteiger partial charge in [0, 0.05) is 6.61 Å². The molecule has 27 heavy (non-hydrogen) atoms. The Hall–Kier alpha value is -0.460. The van der Waals surface area contributed by atoms with E-state index >= 15 is 0 Å². The van der Waals surface area contributed by atoms with Gasteiger partial charge in [0.05, 0.1) is 13.2 Å². The summed E-state index contributed by atoms with van der Waals surface area (Å²) in [5, 5.41) is 28.6. The van der Waals surface area contributed by atoms with Crippen molar-refractivity contribution in [2.45, 2.75) is 108 Å². The van der Waals surface area contributed by atoms with Gasteiger partial charge in [-0.3, -0.25) is 0 Å². The van der Waals surface area contributed by atoms with E-state index in [4.69, 9.17) is 14.6 Å². The molecule has 0 spiro atoms. The molecule has 1 aliphatic rings. The summed E-state index contributed by atoms with van der Waals surface area (Å²) < 4.78 is 11.0. The summed E-state index contributed by atoms with van der Waals surface area (Å²) >= 11 is 0. The van der Waals surface area contributed by atoms with E-state index in [9.17, 15) is 10.2 Å². The Morgan fingerprint density at radius 3 is 2.19 bits per heavy atom. The molecule has 160 valence electrons. The monoisotopic (exact) mass is 386 g/mol. The van der Waals surface area contributed by atoms with Crippen molar-refractivity contribution in [3.8, 4) is 0 Å². The number of hydrogen-bond acceptors (Lipinski definition) is 5. The Morgan fingerprint density at radius 1 is 0.963 bits per heavy atom. The normalized spacial score (nSPS) is 24.1. The van der Waals surface area contributed by atoms with Crippen molar-refractivity contribution in [2.75, 3.05) is 19.8 Å². The molecule has 0 amide bonds. The first-order valence-corrected chi connectivity index (χ1v) is 11.1. The van der Waals surface area contributed by atoms with Gasteiger partial charge in [-0.25, -0.2) is 0 Å². The van der Waals surface area contributed by atoms with Crippen LogP contribution in [0.2, 0.25) is 0 Å². The van der Waals surface area contributed by atoms with Crippen molar-refractivity contribution in [1.82, 2.24) is 0 Å². The van der Waals surface area contributed by atoms with Gasteiger partial charge in [0.1, 0.15) is 24.4 Å². The van der Waals surface area contributed by atoms with Crippen molar-refractivity contribution in [3.05, 3.63) is 12.2 Å². The lowest BCUT2D eigenvalue weighted by Gasteiger charge is -2.23. The summed E-state index contributed by atoms with van der Waals surface area (Å²) in [4.78, 5) is 0. The maximum atomic E-state index is 9.87. The summed E-state index contributed by atoms with van der Waals surface area (Å²) in [6.07, 6.45) is 16.6. The fourth-order valence-electron chi connectivity index (χ4n) is 3.47. The first-order chi connectivity index (χ1) is 13.2. The van der Waals surface area contributed by atoms with E-state index in [2.05, 4.69) is 19.1 Å². The molecular weight excluding hydrogens is 344 g/mol. The largest absolute Gasteiger partial charge is 0.394 e. The topological polar surface area (TPSA) is 79.2 Å². The summed E-state index contributed by atoms with van der Waals surface area (Å²) in [7, 11) is 0. The zero-order valence-electron chi connectivity index (χ0n) is 17.2. The number of unbranched alkanes of at least 4 members (excludes halogenated alkanes) is 10. The molecule has 0 radical (unpaired) electrons. The SMILES string of the molecule is CCCCCCC/C=C/CCCCCCCO[C@@H]1[C@H]([C@@H](O)CO)OC[C@H]1O. The van der Waals surface area contributed by atoms with Gasteiger partial charge in [-0.1, -0.05) is 64.0 Å². The average Bonchev–Trinajstić information content (AvgIpc) is 3.04. The molecule has 5 heteroatoms. The molecular formula is C22H42O5. The van der Waals surface area contributed by atoms with Crippen LogP contribution in [0.25, 0.3) is 0 Å². The van der Waals surface area contributed by atoms with E-state index in [0.29, 0.717) is 6.61 Å². The van der Waals surface area contributed by atoms with Gasteiger partial charge in [-0.2, -0.15) is 0 Å². The highest BCUT2D eigenvalue weighted by Crippen LogP contribution is 2.21. The molecule has 1 aliphatic heterocycles. The number of hydrogen-bond donors (Lipinski definition) is 3. The van der Waals surface area contributed by atoms with Crippen LogP contribution in [0.1, 0.15) is 84.0 Å². The number of rotatable bonds is 17. The standard InChI is InChI=1S/C22H42O5/c1-2-3-4-5-6-7-8-9-10-11-12-13-14-15-16-26-22-20(25)18-27-21(22)19(24)17-23/h8-9,19-25H,2-7,10-18H2,1H3/b9-8+/t19-,20+,21-,22-/m0/s1. The molecule has 0 bridgehead atoms. The van der Waals surface area contributed by atoms with Crippen LogP contribution < -0.4 is 0 Å². The van der Waals surface area contributed by atoms with Gasteiger partial charge < -0.3 is 24.8 Å². The van der Waals surface area contributed by atoms with Crippen LogP contribution in [0.15, 0.2) is 12.2 Å². The first kappa shape index (κ1) is 24.6. The quantitative estimate of drug-likeness (QED) is 0.262. The summed E-state index contributed by atoms with van der Waals surface area (Å²) in [6, 6.07) is 0. The van der Waals surface area contributed by atoms with E-state index in [-0.39, 0.29) is 13.2 Å². The molecule has 5 nitrogen and oxygen atoms in total. The van der Waals surface area contributed by atoms with Crippen molar-refractivity contribution in [3.63, 3.8) is 0 Å². The Morgan fingerprint density at radius 2 is 1.56 bits per heavy atom. The minimum Gasteiger partial charge on any atom is -0.394 e. The second-order valence-electron chi connectivity index (χ2n) is 7.68. The van der Waals surface area contributed by atoms with Crippen LogP contribution >= 0.6 is 0 Å². The van der Waals surface area contributed by atoms with Crippen LogP contribution in [0, 0.1) is 0 Å². The first-order valence-electron chi connectivity index (χ1n) is 11.1. The maximum absolute atomic E-state index is 9.87. The smallest absolute Gasteiger partial charge is 0.114 e. The van der Waals surface area contributed by atoms with Crippen LogP contribution in [0.3, 0.4) is 0 Å². The van der Waals surface area contributed by atoms with Crippen LogP contribution in [0.5, 0.6) is 0 Å². The zero-order chi connectivity index (χ0) is 19.7. The Kier molecular flexibility index (Phi) is 15.0. The van der Waals surface area contributed by atoms with Crippen LogP contribution in [-0.2, 0) is 9.47 Å². The molecule has 0 aromatic heterocycles. The molecule has 0 aliphatic carbocycles. The van der Waals surface area contributed by atoms with Gasteiger partial charge >= 0.3 is 0 Å². The minimum absolute atomic E-state index is 0.151. The van der Waals surface area contributed by atoms with Gasteiger partial charge in [0.25, 0.3) is 0 Å². The minimum atomic E-state index is -1.00. The Balaban J connectivity index is 1.91. The molecule has 1 heterocycles. The van der Waals surface area contributed by atoms with E-state index in [1.54, 1.807) is 0 Å². The maximum Gasteiger partial charge on any atom is 0.114 e. The lowest BCUT2D eigenvalue weighted by molar-refractivity contribution is -0.0938. The van der Waals surface area contributed by atoms with Crippen molar-refractivity contribution >= 4 is 0 Å². The van der Waals surface area contributed by atoms with Gasteiger partial charge in [-0.05, 0) is 32.1 Å². The molecule has 1 saturated heterocycles. The second-order valence-corrected chi connectivity index (χ2v) is 7.68. The third-order valence-corrected chi connectivity index (χ3v) is 5.20. The summed E-state index contributed by atoms with van der Waals surface area (Å²) in [6.45, 7) is 2.57. The highest BCUT2D eigenvalue weighted by molar-refractivity contribution is 4.89. The highest BCUT2D eigenvalue weighted by Gasteiger charge is 2.40. The lowest BCUT2D eigenvalue weighted by Crippen LogP contribution is -2.42. The number of aliphatic hydroxyl groups excluding tert-OH is 3. The van der Waals surface area contributed by atoms with E-state index in [1.807, 2.05) is 0 Å². The molecule has 3 N–H and O–H groups in total. The fraction of sp³-hybridized carbons (Fsp3) is 0.909. The van der Waals surface area contributed by atoms with Crippen molar-refractivity contribution in [1.29, 1.82) is 0 Å². The molecule has 1 rings (SSSR count). The lowest BCUT2D eigenvalue weighted by atomic mass is 10.1. The molecule has 1 fully saturated rings. The fourth-order valence-corrected chi connectivity index (χ4v) is 3.47. The highest BCUT2D eigenvalue weighted by atomic mass is 16.6. The number of ether oxygens (including phenoxy) is 2. The number of aliphatic hydroxyl groups is 3. The zero-order valence-corrected chi connectivity index (χ0v) is 17.2. The van der Waals surface area contributed by atoms with Crippen molar-refractivity contribution in [2.24, 2.45) is 0 Å². The van der Waals surface area contributed by atoms with E-state index < -0.39 is 24.4 Å². The third-order valence-electron chi connectivity index (χ3n) is 5.20. The Bertz CT molecular complexity index is 361. The molecule has 0 unspecified atom stereocenters. The summed E-state index contributed by atoms with van der Waals surface area (Å²) in [5.41, 5.74) is 0. The second kappa shape index (κ2) is 16.5. The van der Waals surface area contributed by atoms with Crippen molar-refractivity contribution < 1.29 is 24.8 Å². The van der Waals surface area contributed by atoms with E-state index in [0.717, 1.165) is 12.8 Å². The van der Waals surface area contributed by atoms with Crippen LogP contribution in [-0.4, -0.2) is 59.6 Å². The van der Waals surface area contributed by atoms with Gasteiger partial charge in [0.2, 0.25) is 0 Å². The van der Waals surface area contributed by atoms with Gasteiger partial charge in [0.15, 0.2) is 0 Å². The predicted molar refractivity (Wildman–Crippen MR) is 109 cm³/mol. The Labute approximate surface area is 165 Å². The number of allylic oxidation sites excluding steroid dienone is 2. The predicted octanol–water partition coefficient (Wildman–Crippen LogP) is 3.74. The molecule has 0 saturated carbocycles. The molecule has 4 atom stereocenters. The third kappa shape index (κ3) is 11.2.